The number of allylic oxidation sites excluding steroid dienone is 36. The minimum absolute atomic E-state index is 0.833. The van der Waals surface area contributed by atoms with Gasteiger partial charge in [-0.05, 0) is 171 Å². The Morgan fingerprint density at radius 3 is 0.975 bits per heavy atom. The highest BCUT2D eigenvalue weighted by atomic mass is 14.3. The molecule has 0 spiro atoms. The second kappa shape index (κ2) is 69.6. The van der Waals surface area contributed by atoms with Crippen LogP contribution in [0.25, 0.3) is 11.1 Å². The third-order valence-corrected chi connectivity index (χ3v) is 10.3. The molecule has 1 aromatic rings. The first kappa shape index (κ1) is 93.8. The molecule has 0 aliphatic heterocycles. The van der Waals surface area contributed by atoms with Gasteiger partial charge in [-0.2, -0.15) is 0 Å². The molecule has 1 aromatic carbocycles. The van der Waals surface area contributed by atoms with Crippen molar-refractivity contribution in [1.29, 1.82) is 0 Å². The number of hydrogen-bond acceptors (Lipinski definition) is 0. The van der Waals surface area contributed by atoms with Gasteiger partial charge in [0.15, 0.2) is 0 Å². The first-order chi connectivity index (χ1) is 38.9. The topological polar surface area (TPSA) is 0 Å². The molecule has 0 radical (unpaired) electrons. The maximum absolute atomic E-state index is 4.26. The molecule has 81 heavy (non-hydrogen) atoms. The summed E-state index contributed by atoms with van der Waals surface area (Å²) in [5.74, 6) is 0.833. The van der Waals surface area contributed by atoms with Crippen molar-refractivity contribution in [2.24, 2.45) is 5.92 Å². The Hall–Kier alpha value is -6.50. The highest BCUT2D eigenvalue weighted by molar-refractivity contribution is 5.94. The molecular formula is C81H130. The Morgan fingerprint density at radius 2 is 0.704 bits per heavy atom. The second-order valence-corrected chi connectivity index (χ2v) is 16.6. The lowest BCUT2D eigenvalue weighted by Crippen LogP contribution is -2.04. The molecule has 0 fully saturated rings. The second-order valence-electron chi connectivity index (χ2n) is 16.6. The summed E-state index contributed by atoms with van der Waals surface area (Å²) in [6.07, 6.45) is 44.2. The van der Waals surface area contributed by atoms with Crippen LogP contribution in [-0.2, 0) is 0 Å². The summed E-state index contributed by atoms with van der Waals surface area (Å²) in [7, 11) is 0. The van der Waals surface area contributed by atoms with Crippen LogP contribution < -0.4 is 0 Å². The molecule has 0 aliphatic carbocycles. The van der Waals surface area contributed by atoms with Gasteiger partial charge in [0.1, 0.15) is 0 Å². The molecule has 0 N–H and O–H groups in total. The Balaban J connectivity index is -0.000000252. The molecule has 0 aromatic heterocycles. The summed E-state index contributed by atoms with van der Waals surface area (Å²) in [4.78, 5) is 0. The molecule has 0 nitrogen and oxygen atoms in total. The van der Waals surface area contributed by atoms with E-state index >= 15 is 0 Å². The molecule has 0 unspecified atom stereocenters. The lowest BCUT2D eigenvalue weighted by Gasteiger charge is -2.24. The van der Waals surface area contributed by atoms with Gasteiger partial charge >= 0.3 is 0 Å². The summed E-state index contributed by atoms with van der Waals surface area (Å²) in [6, 6.07) is 8.96. The molecule has 0 heterocycles. The van der Waals surface area contributed by atoms with Crippen molar-refractivity contribution in [1.82, 2.24) is 0 Å². The van der Waals surface area contributed by atoms with Crippen molar-refractivity contribution in [2.45, 2.75) is 207 Å². The van der Waals surface area contributed by atoms with Gasteiger partial charge in [0.25, 0.3) is 0 Å². The maximum Gasteiger partial charge on any atom is -0.00674 e. The van der Waals surface area contributed by atoms with Gasteiger partial charge in [0, 0.05) is 0 Å². The van der Waals surface area contributed by atoms with E-state index in [1.807, 2.05) is 170 Å². The fourth-order valence-corrected chi connectivity index (χ4v) is 6.88. The van der Waals surface area contributed by atoms with E-state index in [-0.39, 0.29) is 0 Å². The molecule has 0 saturated heterocycles. The number of hydrogen-bond donors (Lipinski definition) is 0. The number of benzene rings is 1. The van der Waals surface area contributed by atoms with Crippen LogP contribution in [0, 0.1) is 5.92 Å². The minimum Gasteiger partial charge on any atom is -0.0991 e. The standard InChI is InChI=1S/C56H66.C6H10.C4H10.C3H8.6C2H6/c1-17-29-35-48(26-10)44(16)53(49(27-11)34-22-6)55(42(14)46(24-8)32-20-4)51-37-39-52(40-38-51)56(43(15)47(25-9)33-21-5)54(50(28-12)36-30-18-2)41(13)45(23-7)31-19-3;1-4-6(3)5-2;1-4(2)3;1-3-2;6*1-2/h17-18,20-40H,1-2,5-7,9,11,19H2,3-4,8,10,12-16H3;4-5H,1H2,2-3H3;4H,1-3H3;3H2,1-2H3;6*1-2H3/b32-20-,35-29-,36-30-,45-31+,46-24+,47-33+,48-26+,49-34+,50-28+,53-44+,54-41+,55-42+,56-43+;6-5-;;;;;;;;. The average molecular weight is 1100 g/mol. The van der Waals surface area contributed by atoms with Gasteiger partial charge in [-0.25, -0.2) is 0 Å². The first-order valence-corrected chi connectivity index (χ1v) is 30.6. The van der Waals surface area contributed by atoms with Crippen molar-refractivity contribution in [3.05, 3.63) is 288 Å². The number of rotatable bonds is 22. The molecule has 0 aliphatic rings. The third kappa shape index (κ3) is 41.2. The van der Waals surface area contributed by atoms with E-state index in [9.17, 15) is 0 Å². The SMILES string of the molecule is C=C/C(C)=C\C.C=C\C=C/C(=C\C)C(/C)=C(C(\C=C)=C\C=C)/C(=C(C)/C(/C=C\C)=C/C)c1ccc(C(=C(C)\C(C=C)=C\C=C)/C(C(/C=C\C=C)=C/C)=C(C)/C(C=C)=C/CC)cc1.CC.CC.CC.CC.CC.CC.CC(C)C.CCC. The molecule has 454 valence electrons. The molecule has 0 heteroatoms. The average Bonchev–Trinajstić information content (AvgIpc) is 3.50. The monoisotopic (exact) mass is 1100 g/mol. The van der Waals surface area contributed by atoms with Crippen molar-refractivity contribution >= 4 is 11.1 Å². The smallest absolute Gasteiger partial charge is 0.00674 e. The Morgan fingerprint density at radius 1 is 0.395 bits per heavy atom. The van der Waals surface area contributed by atoms with Crippen LogP contribution in [0.15, 0.2) is 277 Å². The van der Waals surface area contributed by atoms with Crippen LogP contribution in [0.5, 0.6) is 0 Å². The summed E-state index contributed by atoms with van der Waals surface area (Å²) in [5.41, 5.74) is 18.6. The molecule has 0 atom stereocenters. The van der Waals surface area contributed by atoms with Gasteiger partial charge in [-0.3, -0.25) is 0 Å². The van der Waals surface area contributed by atoms with Gasteiger partial charge < -0.3 is 0 Å². The molecule has 1 rings (SSSR count). The zero-order valence-electron chi connectivity index (χ0n) is 58.6. The van der Waals surface area contributed by atoms with Crippen LogP contribution in [-0.4, -0.2) is 0 Å². The largest absolute Gasteiger partial charge is 0.0991 e. The van der Waals surface area contributed by atoms with E-state index in [0.29, 0.717) is 0 Å². The highest BCUT2D eigenvalue weighted by Crippen LogP contribution is 2.42. The van der Waals surface area contributed by atoms with Crippen LogP contribution in [0.2, 0.25) is 0 Å². The highest BCUT2D eigenvalue weighted by Gasteiger charge is 2.22. The Labute approximate surface area is 509 Å². The van der Waals surface area contributed by atoms with Crippen LogP contribution in [0.3, 0.4) is 0 Å². The quantitative estimate of drug-likeness (QED) is 0.102. The summed E-state index contributed by atoms with van der Waals surface area (Å²) in [6.45, 7) is 90.1. The predicted molar refractivity (Wildman–Crippen MR) is 392 cm³/mol. The van der Waals surface area contributed by atoms with Crippen molar-refractivity contribution in [3.8, 4) is 0 Å². The zero-order valence-corrected chi connectivity index (χ0v) is 58.6. The van der Waals surface area contributed by atoms with Crippen molar-refractivity contribution in [3.63, 3.8) is 0 Å². The van der Waals surface area contributed by atoms with E-state index in [4.69, 9.17) is 0 Å². The maximum atomic E-state index is 4.26. The van der Waals surface area contributed by atoms with Gasteiger partial charge in [0.05, 0.1) is 0 Å². The third-order valence-electron chi connectivity index (χ3n) is 10.3. The molecule has 0 amide bonds. The van der Waals surface area contributed by atoms with E-state index in [1.54, 1.807) is 6.08 Å². The predicted octanol–water partition coefficient (Wildman–Crippen LogP) is 28.3. The molecule has 0 saturated carbocycles. The van der Waals surface area contributed by atoms with Crippen molar-refractivity contribution in [2.75, 3.05) is 0 Å². The molecular weight excluding hydrogens is 973 g/mol. The van der Waals surface area contributed by atoms with Gasteiger partial charge in [-0.1, -0.05) is 341 Å². The lowest BCUT2D eigenvalue weighted by molar-refractivity contribution is 0.737. The summed E-state index contributed by atoms with van der Waals surface area (Å²) >= 11 is 0. The summed E-state index contributed by atoms with van der Waals surface area (Å²) < 4.78 is 0. The van der Waals surface area contributed by atoms with Crippen LogP contribution in [0.4, 0.5) is 0 Å². The van der Waals surface area contributed by atoms with E-state index in [1.165, 1.54) is 12.0 Å². The Kier molecular flexibility index (Phi) is 80.6. The zero-order chi connectivity index (χ0) is 65.5. The minimum atomic E-state index is 0.833. The first-order valence-electron chi connectivity index (χ1n) is 30.6. The summed E-state index contributed by atoms with van der Waals surface area (Å²) in [5, 5.41) is 0. The Bertz CT molecular complexity index is 2300. The molecule has 0 bridgehead atoms. The van der Waals surface area contributed by atoms with Gasteiger partial charge in [-0.15, -0.1) is 0 Å². The lowest BCUT2D eigenvalue weighted by atomic mass is 9.79. The normalized spacial score (nSPS) is 12.7. The van der Waals surface area contributed by atoms with Crippen LogP contribution >= 0.6 is 0 Å². The van der Waals surface area contributed by atoms with Gasteiger partial charge in [0.2, 0.25) is 0 Å². The van der Waals surface area contributed by atoms with E-state index in [0.717, 1.165) is 101 Å². The van der Waals surface area contributed by atoms with Crippen molar-refractivity contribution < 1.29 is 0 Å². The van der Waals surface area contributed by atoms with Crippen LogP contribution in [0.1, 0.15) is 218 Å². The fourth-order valence-electron chi connectivity index (χ4n) is 6.88. The van der Waals surface area contributed by atoms with E-state index < -0.39 is 0 Å². The fraction of sp³-hybridized carbons (Fsp3) is 0.383. The van der Waals surface area contributed by atoms with E-state index in [2.05, 4.69) is 222 Å².